The van der Waals surface area contributed by atoms with Gasteiger partial charge in [0.2, 0.25) is 0 Å². The van der Waals surface area contributed by atoms with Gasteiger partial charge in [-0.25, -0.2) is 9.97 Å². The van der Waals surface area contributed by atoms with E-state index in [9.17, 15) is 0 Å². The van der Waals surface area contributed by atoms with Crippen molar-refractivity contribution in [1.82, 2.24) is 14.9 Å². The van der Waals surface area contributed by atoms with Crippen molar-refractivity contribution in [2.24, 2.45) is 0 Å². The van der Waals surface area contributed by atoms with E-state index in [4.69, 9.17) is 14.9 Å². The molecule has 5 rings (SSSR count). The smallest absolute Gasteiger partial charge is 0.135 e. The number of nitrogens with one attached hydrogen (secondary N) is 2. The van der Waals surface area contributed by atoms with Gasteiger partial charge in [-0.15, -0.1) is 0 Å². The molecule has 2 aromatic rings. The Balaban J connectivity index is 1.34. The topological polar surface area (TPSA) is 89.8 Å². The molecule has 0 saturated carbocycles. The zero-order chi connectivity index (χ0) is 21.9. The summed E-state index contributed by atoms with van der Waals surface area (Å²) in [5.74, 6) is 1.62. The Morgan fingerprint density at radius 1 is 0.969 bits per heavy atom. The fourth-order valence-electron chi connectivity index (χ4n) is 4.57. The summed E-state index contributed by atoms with van der Waals surface area (Å²) in [6, 6.07) is 6.81. The summed E-state index contributed by atoms with van der Waals surface area (Å²) in [6.07, 6.45) is 2.99. The number of hydrogen-bond acceptors (Lipinski definition) is 9. The average Bonchev–Trinajstić information content (AvgIpc) is 2.80. The molecule has 9 nitrogen and oxygen atoms in total. The van der Waals surface area contributed by atoms with Crippen LogP contribution in [0, 0.1) is 12.3 Å². The zero-order valence-electron chi connectivity index (χ0n) is 18.6. The van der Waals surface area contributed by atoms with Crippen molar-refractivity contribution in [3.8, 4) is 0 Å². The van der Waals surface area contributed by atoms with Crippen molar-refractivity contribution in [3.63, 3.8) is 0 Å². The molecule has 0 aliphatic carbocycles. The Labute approximate surface area is 188 Å². The standard InChI is InChI=1S/C23H31N7O2/c1-17-10-18(13-24)20(11-21(17)29-4-2-28(3-5-29)19-14-32-15-19)27-22-12-23(26-16-25-22)30-6-8-31-9-7-30/h10-13,16,19,24H,2-9,14-15H2,1H3,(H,25,26,27). The first-order chi connectivity index (χ1) is 15.7. The van der Waals surface area contributed by atoms with Crippen LogP contribution in [0.2, 0.25) is 0 Å². The van der Waals surface area contributed by atoms with Crippen molar-refractivity contribution in [2.45, 2.75) is 13.0 Å². The molecule has 0 atom stereocenters. The number of benzene rings is 1. The molecule has 2 N–H and O–H groups in total. The van der Waals surface area contributed by atoms with Crippen molar-refractivity contribution in [3.05, 3.63) is 35.7 Å². The molecular weight excluding hydrogens is 406 g/mol. The van der Waals surface area contributed by atoms with Gasteiger partial charge in [0.25, 0.3) is 0 Å². The molecule has 1 aromatic carbocycles. The summed E-state index contributed by atoms with van der Waals surface area (Å²) in [5, 5.41) is 11.4. The number of ether oxygens (including phenoxy) is 2. The van der Waals surface area contributed by atoms with Gasteiger partial charge < -0.3 is 30.0 Å². The monoisotopic (exact) mass is 437 g/mol. The zero-order valence-corrected chi connectivity index (χ0v) is 18.6. The molecule has 0 amide bonds. The van der Waals surface area contributed by atoms with Crippen molar-refractivity contribution >= 4 is 29.2 Å². The minimum absolute atomic E-state index is 0.592. The van der Waals surface area contributed by atoms with Gasteiger partial charge in [-0.05, 0) is 24.6 Å². The van der Waals surface area contributed by atoms with E-state index in [0.717, 1.165) is 75.4 Å². The molecule has 170 valence electrons. The number of nitrogens with zero attached hydrogens (tertiary/aromatic N) is 5. The van der Waals surface area contributed by atoms with Crippen LogP contribution in [0.25, 0.3) is 0 Å². The lowest BCUT2D eigenvalue weighted by atomic mass is 10.1. The predicted octanol–water partition coefficient (Wildman–Crippen LogP) is 1.88. The van der Waals surface area contributed by atoms with E-state index in [1.165, 1.54) is 17.5 Å². The van der Waals surface area contributed by atoms with Crippen LogP contribution in [-0.4, -0.2) is 92.8 Å². The number of rotatable bonds is 6. The van der Waals surface area contributed by atoms with Gasteiger partial charge in [0.05, 0.1) is 38.2 Å². The minimum atomic E-state index is 0.592. The Kier molecular flexibility index (Phi) is 6.20. The molecule has 9 heteroatoms. The van der Waals surface area contributed by atoms with Crippen LogP contribution in [0.4, 0.5) is 23.0 Å². The minimum Gasteiger partial charge on any atom is -0.378 e. The number of aryl methyl sites for hydroxylation is 1. The summed E-state index contributed by atoms with van der Waals surface area (Å²) in [6.45, 7) is 11.0. The molecule has 3 saturated heterocycles. The highest BCUT2D eigenvalue weighted by atomic mass is 16.5. The Morgan fingerprint density at radius 2 is 1.75 bits per heavy atom. The number of aromatic nitrogens is 2. The Hall–Kier alpha value is -2.75. The van der Waals surface area contributed by atoms with Gasteiger partial charge in [-0.1, -0.05) is 0 Å². The Morgan fingerprint density at radius 3 is 2.44 bits per heavy atom. The lowest BCUT2D eigenvalue weighted by Crippen LogP contribution is -2.56. The molecule has 0 spiro atoms. The molecule has 3 aliphatic heterocycles. The number of anilines is 4. The number of morpholine rings is 1. The van der Waals surface area contributed by atoms with Crippen LogP contribution in [0.3, 0.4) is 0 Å². The average molecular weight is 438 g/mol. The molecule has 0 bridgehead atoms. The summed E-state index contributed by atoms with van der Waals surface area (Å²) in [5.41, 5.74) is 4.14. The third-order valence-corrected chi connectivity index (χ3v) is 6.57. The van der Waals surface area contributed by atoms with Crippen LogP contribution < -0.4 is 15.1 Å². The van der Waals surface area contributed by atoms with Crippen LogP contribution in [-0.2, 0) is 9.47 Å². The Bertz CT molecular complexity index is 951. The molecule has 0 radical (unpaired) electrons. The predicted molar refractivity (Wildman–Crippen MR) is 126 cm³/mol. The highest BCUT2D eigenvalue weighted by Crippen LogP contribution is 2.31. The molecule has 4 heterocycles. The first-order valence-electron chi connectivity index (χ1n) is 11.3. The van der Waals surface area contributed by atoms with E-state index in [2.05, 4.69) is 49.0 Å². The molecule has 3 aliphatic rings. The van der Waals surface area contributed by atoms with Crippen LogP contribution in [0.1, 0.15) is 11.1 Å². The van der Waals surface area contributed by atoms with E-state index in [1.54, 1.807) is 6.33 Å². The number of piperazine rings is 1. The van der Waals surface area contributed by atoms with Crippen molar-refractivity contribution in [1.29, 1.82) is 5.41 Å². The molecular formula is C23H31N7O2. The van der Waals surface area contributed by atoms with Crippen LogP contribution in [0.15, 0.2) is 24.5 Å². The van der Waals surface area contributed by atoms with Gasteiger partial charge in [0.1, 0.15) is 18.0 Å². The lowest BCUT2D eigenvalue weighted by molar-refractivity contribution is -0.0660. The van der Waals surface area contributed by atoms with E-state index < -0.39 is 0 Å². The molecule has 3 fully saturated rings. The maximum absolute atomic E-state index is 7.91. The number of hydrogen-bond donors (Lipinski definition) is 2. The van der Waals surface area contributed by atoms with Crippen molar-refractivity contribution in [2.75, 3.05) is 80.8 Å². The van der Waals surface area contributed by atoms with Gasteiger partial charge in [-0.2, -0.15) is 0 Å². The largest absolute Gasteiger partial charge is 0.378 e. The highest BCUT2D eigenvalue weighted by molar-refractivity contribution is 5.89. The summed E-state index contributed by atoms with van der Waals surface area (Å²) in [4.78, 5) is 16.1. The molecule has 0 unspecified atom stereocenters. The SMILES string of the molecule is Cc1cc(C=N)c(Nc2cc(N3CCOCC3)ncn2)cc1N1CCN(C2COC2)CC1. The first kappa shape index (κ1) is 21.1. The van der Waals surface area contributed by atoms with Crippen molar-refractivity contribution < 1.29 is 9.47 Å². The molecule has 1 aromatic heterocycles. The highest BCUT2D eigenvalue weighted by Gasteiger charge is 2.29. The second kappa shape index (κ2) is 9.40. The third kappa shape index (κ3) is 4.41. The first-order valence-corrected chi connectivity index (χ1v) is 11.3. The fraction of sp³-hybridized carbons (Fsp3) is 0.522. The van der Waals surface area contributed by atoms with Crippen LogP contribution >= 0.6 is 0 Å². The maximum atomic E-state index is 7.91. The van der Waals surface area contributed by atoms with E-state index in [1.807, 2.05) is 6.07 Å². The van der Waals surface area contributed by atoms with Gasteiger partial charge in [0.15, 0.2) is 0 Å². The lowest BCUT2D eigenvalue weighted by Gasteiger charge is -2.43. The van der Waals surface area contributed by atoms with E-state index in [-0.39, 0.29) is 0 Å². The quantitative estimate of drug-likeness (QED) is 0.663. The van der Waals surface area contributed by atoms with Gasteiger partial charge >= 0.3 is 0 Å². The molecule has 32 heavy (non-hydrogen) atoms. The summed E-state index contributed by atoms with van der Waals surface area (Å²) < 4.78 is 10.8. The van der Waals surface area contributed by atoms with Crippen LogP contribution in [0.5, 0.6) is 0 Å². The maximum Gasteiger partial charge on any atom is 0.135 e. The van der Waals surface area contributed by atoms with Gasteiger partial charge in [0, 0.05) is 62.8 Å². The van der Waals surface area contributed by atoms with E-state index >= 15 is 0 Å². The summed E-state index contributed by atoms with van der Waals surface area (Å²) >= 11 is 0. The van der Waals surface area contributed by atoms with Gasteiger partial charge in [-0.3, -0.25) is 4.90 Å². The third-order valence-electron chi connectivity index (χ3n) is 6.57. The second-order valence-electron chi connectivity index (χ2n) is 8.57. The fourth-order valence-corrected chi connectivity index (χ4v) is 4.57. The van der Waals surface area contributed by atoms with E-state index in [0.29, 0.717) is 19.3 Å². The normalized spacial score (nSPS) is 20.2. The summed E-state index contributed by atoms with van der Waals surface area (Å²) in [7, 11) is 0. The second-order valence-corrected chi connectivity index (χ2v) is 8.57.